The zero-order chi connectivity index (χ0) is 27.3. The molecule has 1 saturated heterocycles. The van der Waals surface area contributed by atoms with Crippen LogP contribution in [-0.2, 0) is 20.9 Å². The van der Waals surface area contributed by atoms with Gasteiger partial charge in [0.05, 0.1) is 5.92 Å². The number of piperidine rings is 1. The van der Waals surface area contributed by atoms with Crippen molar-refractivity contribution in [3.05, 3.63) is 28.8 Å². The number of alkyl halides is 3. The SMILES string of the molecule is CC(C)(C)OC(=O)NC(C)(C)C(=O)N1CCC[C@@H](C(=O)NCc2ccc(Cl)cc2OCC(F)(F)F)C1. The third-order valence-corrected chi connectivity index (χ3v) is 5.54. The largest absolute Gasteiger partial charge is 0.484 e. The van der Waals surface area contributed by atoms with Gasteiger partial charge in [0, 0.05) is 30.2 Å². The highest BCUT2D eigenvalue weighted by Crippen LogP contribution is 2.26. The fourth-order valence-corrected chi connectivity index (χ4v) is 3.84. The average molecular weight is 536 g/mol. The Bertz CT molecular complexity index is 963. The maximum atomic E-state index is 13.1. The van der Waals surface area contributed by atoms with E-state index in [1.165, 1.54) is 23.1 Å². The number of amides is 3. The summed E-state index contributed by atoms with van der Waals surface area (Å²) in [6.07, 6.45) is -4.13. The minimum atomic E-state index is -4.52. The molecule has 1 aliphatic rings. The second kappa shape index (κ2) is 11.6. The van der Waals surface area contributed by atoms with Gasteiger partial charge in [-0.05, 0) is 59.6 Å². The Kier molecular flexibility index (Phi) is 9.50. The van der Waals surface area contributed by atoms with Crippen LogP contribution in [0.3, 0.4) is 0 Å². The van der Waals surface area contributed by atoms with Gasteiger partial charge in [0.1, 0.15) is 16.9 Å². The van der Waals surface area contributed by atoms with E-state index >= 15 is 0 Å². The molecule has 0 aromatic heterocycles. The molecule has 1 aromatic carbocycles. The summed E-state index contributed by atoms with van der Waals surface area (Å²) in [6.45, 7) is 7.27. The molecular formula is C24H33ClF3N3O5. The normalized spacial score (nSPS) is 16.8. The number of benzene rings is 1. The van der Waals surface area contributed by atoms with Crippen LogP contribution in [0.2, 0.25) is 5.02 Å². The zero-order valence-corrected chi connectivity index (χ0v) is 21.8. The second-order valence-corrected chi connectivity index (χ2v) is 10.7. The second-order valence-electron chi connectivity index (χ2n) is 10.2. The molecule has 0 saturated carbocycles. The number of nitrogens with one attached hydrogen (secondary N) is 2. The van der Waals surface area contributed by atoms with Crippen molar-refractivity contribution in [2.75, 3.05) is 19.7 Å². The van der Waals surface area contributed by atoms with Crippen LogP contribution in [0.25, 0.3) is 0 Å². The molecule has 0 unspecified atom stereocenters. The summed E-state index contributed by atoms with van der Waals surface area (Å²) in [7, 11) is 0. The van der Waals surface area contributed by atoms with Gasteiger partial charge in [-0.2, -0.15) is 13.2 Å². The van der Waals surface area contributed by atoms with Crippen molar-refractivity contribution in [1.82, 2.24) is 15.5 Å². The molecule has 2 N–H and O–H groups in total. The molecule has 1 fully saturated rings. The van der Waals surface area contributed by atoms with Gasteiger partial charge in [0.25, 0.3) is 0 Å². The first-order chi connectivity index (χ1) is 16.5. The lowest BCUT2D eigenvalue weighted by Gasteiger charge is -2.37. The van der Waals surface area contributed by atoms with E-state index in [1.807, 2.05) is 0 Å². The number of halogens is 4. The number of likely N-dealkylation sites (tertiary alicyclic amines) is 1. The average Bonchev–Trinajstić information content (AvgIpc) is 2.74. The van der Waals surface area contributed by atoms with E-state index in [-0.39, 0.29) is 35.7 Å². The van der Waals surface area contributed by atoms with E-state index < -0.39 is 35.9 Å². The lowest BCUT2D eigenvalue weighted by molar-refractivity contribution is -0.153. The quantitative estimate of drug-likeness (QED) is 0.538. The molecule has 2 rings (SSSR count). The Morgan fingerprint density at radius 3 is 2.42 bits per heavy atom. The van der Waals surface area contributed by atoms with E-state index in [4.69, 9.17) is 21.1 Å². The van der Waals surface area contributed by atoms with Crippen LogP contribution < -0.4 is 15.4 Å². The van der Waals surface area contributed by atoms with Crippen LogP contribution in [-0.4, -0.2) is 59.8 Å². The van der Waals surface area contributed by atoms with Crippen molar-refractivity contribution in [3.8, 4) is 5.75 Å². The van der Waals surface area contributed by atoms with Crippen molar-refractivity contribution in [1.29, 1.82) is 0 Å². The lowest BCUT2D eigenvalue weighted by Crippen LogP contribution is -2.59. The van der Waals surface area contributed by atoms with E-state index in [0.717, 1.165) is 0 Å². The summed E-state index contributed by atoms with van der Waals surface area (Å²) in [4.78, 5) is 39.6. The summed E-state index contributed by atoms with van der Waals surface area (Å²) >= 11 is 5.88. The first-order valence-corrected chi connectivity index (χ1v) is 11.9. The highest BCUT2D eigenvalue weighted by Gasteiger charge is 2.38. The molecular weight excluding hydrogens is 503 g/mol. The Labute approximate surface area is 213 Å². The van der Waals surface area contributed by atoms with Crippen LogP contribution in [0.4, 0.5) is 18.0 Å². The number of nitrogens with zero attached hydrogens (tertiary/aromatic N) is 1. The first-order valence-electron chi connectivity index (χ1n) is 11.5. The van der Waals surface area contributed by atoms with Crippen LogP contribution in [0.15, 0.2) is 18.2 Å². The fraction of sp³-hybridized carbons (Fsp3) is 0.625. The fourth-order valence-electron chi connectivity index (χ4n) is 3.68. The van der Waals surface area contributed by atoms with Crippen molar-refractivity contribution < 1.29 is 37.0 Å². The van der Waals surface area contributed by atoms with E-state index in [2.05, 4.69) is 10.6 Å². The van der Waals surface area contributed by atoms with Crippen LogP contribution >= 0.6 is 11.6 Å². The molecule has 0 radical (unpaired) electrons. The molecule has 1 heterocycles. The van der Waals surface area contributed by atoms with Crippen molar-refractivity contribution in [3.63, 3.8) is 0 Å². The monoisotopic (exact) mass is 535 g/mol. The first kappa shape index (κ1) is 29.5. The smallest absolute Gasteiger partial charge is 0.422 e. The van der Waals surface area contributed by atoms with Gasteiger partial charge in [-0.15, -0.1) is 0 Å². The number of ether oxygens (including phenoxy) is 2. The van der Waals surface area contributed by atoms with Gasteiger partial charge in [-0.3, -0.25) is 9.59 Å². The van der Waals surface area contributed by atoms with Gasteiger partial charge in [-0.25, -0.2) is 4.79 Å². The van der Waals surface area contributed by atoms with Crippen LogP contribution in [0.5, 0.6) is 5.75 Å². The van der Waals surface area contributed by atoms with Gasteiger partial charge in [0.15, 0.2) is 6.61 Å². The standard InChI is InChI=1S/C24H33ClF3N3O5/c1-22(2,3)36-21(34)30-23(4,5)20(33)31-10-6-7-16(13-31)19(32)29-12-15-8-9-17(25)11-18(15)35-14-24(26,27)28/h8-9,11,16H,6-7,10,12-14H2,1-5H3,(H,29,32)(H,30,34)/t16-/m1/s1. The highest BCUT2D eigenvalue weighted by atomic mass is 35.5. The molecule has 1 aliphatic heterocycles. The topological polar surface area (TPSA) is 97.0 Å². The third-order valence-electron chi connectivity index (χ3n) is 5.30. The molecule has 0 bridgehead atoms. The molecule has 36 heavy (non-hydrogen) atoms. The minimum absolute atomic E-state index is 0.0701. The molecule has 8 nitrogen and oxygen atoms in total. The Morgan fingerprint density at radius 1 is 1.14 bits per heavy atom. The molecule has 3 amide bonds. The summed E-state index contributed by atoms with van der Waals surface area (Å²) in [5, 5.41) is 5.49. The van der Waals surface area contributed by atoms with E-state index in [9.17, 15) is 27.6 Å². The molecule has 12 heteroatoms. The summed E-state index contributed by atoms with van der Waals surface area (Å²) in [6, 6.07) is 4.23. The number of hydrogen-bond acceptors (Lipinski definition) is 5. The summed E-state index contributed by atoms with van der Waals surface area (Å²) < 4.78 is 47.8. The number of hydrogen-bond donors (Lipinski definition) is 2. The Hall–Kier alpha value is -2.69. The summed E-state index contributed by atoms with van der Waals surface area (Å²) in [5.41, 5.74) is -1.64. The summed E-state index contributed by atoms with van der Waals surface area (Å²) in [5.74, 6) is -1.30. The van der Waals surface area contributed by atoms with Gasteiger partial charge in [-0.1, -0.05) is 17.7 Å². The van der Waals surface area contributed by atoms with Crippen molar-refractivity contribution in [2.45, 2.75) is 71.3 Å². The van der Waals surface area contributed by atoms with Crippen molar-refractivity contribution in [2.24, 2.45) is 5.92 Å². The minimum Gasteiger partial charge on any atom is -0.484 e. The van der Waals surface area contributed by atoms with E-state index in [1.54, 1.807) is 34.6 Å². The molecule has 1 atom stereocenters. The number of rotatable bonds is 7. The lowest BCUT2D eigenvalue weighted by atomic mass is 9.94. The number of carbonyl (C=O) groups excluding carboxylic acids is 3. The van der Waals surface area contributed by atoms with E-state index in [0.29, 0.717) is 24.9 Å². The van der Waals surface area contributed by atoms with Gasteiger partial charge < -0.3 is 25.0 Å². The maximum absolute atomic E-state index is 13.1. The van der Waals surface area contributed by atoms with Crippen LogP contribution in [0, 0.1) is 5.92 Å². The predicted molar refractivity (Wildman–Crippen MR) is 128 cm³/mol. The maximum Gasteiger partial charge on any atom is 0.422 e. The molecule has 1 aromatic rings. The van der Waals surface area contributed by atoms with Gasteiger partial charge >= 0.3 is 12.3 Å². The zero-order valence-electron chi connectivity index (χ0n) is 21.1. The number of alkyl carbamates (subject to hydrolysis) is 1. The van der Waals surface area contributed by atoms with Crippen LogP contribution in [0.1, 0.15) is 53.0 Å². The Morgan fingerprint density at radius 2 is 1.81 bits per heavy atom. The molecule has 0 aliphatic carbocycles. The van der Waals surface area contributed by atoms with Crippen molar-refractivity contribution >= 4 is 29.5 Å². The number of carbonyl (C=O) groups is 3. The molecule has 202 valence electrons. The third kappa shape index (κ3) is 9.40. The van der Waals surface area contributed by atoms with Gasteiger partial charge in [0.2, 0.25) is 11.8 Å². The Balaban J connectivity index is 1.99. The molecule has 0 spiro atoms. The predicted octanol–water partition coefficient (Wildman–Crippen LogP) is 4.44. The highest BCUT2D eigenvalue weighted by molar-refractivity contribution is 6.30.